The number of rotatable bonds is 7. The molecule has 0 unspecified atom stereocenters. The minimum Gasteiger partial charge on any atom is -0.509 e. The molecule has 1 aromatic carbocycles. The first-order chi connectivity index (χ1) is 14.0. The van der Waals surface area contributed by atoms with Crippen molar-refractivity contribution >= 4 is 46.6 Å². The van der Waals surface area contributed by atoms with Crippen molar-refractivity contribution in [3.63, 3.8) is 0 Å². The molecule has 0 aliphatic rings. The number of carbonyl (C=O) groups is 1. The predicted molar refractivity (Wildman–Crippen MR) is 104 cm³/mol. The largest absolute Gasteiger partial charge is 0.509 e. The van der Waals surface area contributed by atoms with Crippen LogP contribution in [0.25, 0.3) is 0 Å². The highest BCUT2D eigenvalue weighted by Gasteiger charge is 2.37. The number of aliphatic hydroxyl groups excluding tert-OH is 1. The Morgan fingerprint density at radius 3 is 2.43 bits per heavy atom. The fourth-order valence-corrected chi connectivity index (χ4v) is 3.30. The number of hydrogen-bond acceptors (Lipinski definition) is 8. The minimum atomic E-state index is -4.68. The van der Waals surface area contributed by atoms with Crippen LogP contribution in [0.4, 0.5) is 18.9 Å². The minimum absolute atomic E-state index is 0.000498. The van der Waals surface area contributed by atoms with Crippen molar-refractivity contribution in [2.45, 2.75) is 18.3 Å². The summed E-state index contributed by atoms with van der Waals surface area (Å²) < 4.78 is 43.9. The average molecular weight is 484 g/mol. The van der Waals surface area contributed by atoms with E-state index in [2.05, 4.69) is 20.4 Å². The van der Waals surface area contributed by atoms with Crippen LogP contribution in [0.15, 0.2) is 45.0 Å². The molecule has 2 rings (SSSR count). The van der Waals surface area contributed by atoms with Crippen molar-refractivity contribution < 1.29 is 27.8 Å². The van der Waals surface area contributed by atoms with Gasteiger partial charge in [-0.3, -0.25) is 0 Å². The zero-order chi connectivity index (χ0) is 22.5. The van der Waals surface area contributed by atoms with E-state index in [9.17, 15) is 23.1 Å². The average Bonchev–Trinajstić information content (AvgIpc) is 3.00. The maximum Gasteiger partial charge on any atom is 0.451 e. The molecule has 0 spiro atoms. The van der Waals surface area contributed by atoms with Gasteiger partial charge in [0.15, 0.2) is 5.16 Å². The number of halogens is 5. The zero-order valence-electron chi connectivity index (χ0n) is 15.4. The number of aliphatic hydroxyl groups is 1. The van der Waals surface area contributed by atoms with Crippen LogP contribution in [0, 0.1) is 0 Å². The molecule has 162 valence electrons. The van der Waals surface area contributed by atoms with Crippen molar-refractivity contribution in [3.8, 4) is 0 Å². The van der Waals surface area contributed by atoms with Crippen LogP contribution in [-0.4, -0.2) is 38.2 Å². The van der Waals surface area contributed by atoms with Crippen LogP contribution in [-0.2, 0) is 22.8 Å². The summed E-state index contributed by atoms with van der Waals surface area (Å²) >= 11 is 12.5. The number of thioether (sulfide) groups is 1. The van der Waals surface area contributed by atoms with Gasteiger partial charge in [-0.1, -0.05) is 35.0 Å². The molecule has 0 amide bonds. The Morgan fingerprint density at radius 1 is 1.27 bits per heavy atom. The first-order valence-electron chi connectivity index (χ1n) is 8.09. The van der Waals surface area contributed by atoms with Gasteiger partial charge in [0.05, 0.1) is 18.0 Å². The maximum absolute atomic E-state index is 12.8. The lowest BCUT2D eigenvalue weighted by Crippen LogP contribution is -2.13. The van der Waals surface area contributed by atoms with Gasteiger partial charge in [0.1, 0.15) is 5.76 Å². The summed E-state index contributed by atoms with van der Waals surface area (Å²) in [6, 6.07) is 4.31. The fraction of sp³-hybridized carbons (Fsp3) is 0.312. The van der Waals surface area contributed by atoms with E-state index < -0.39 is 29.4 Å². The number of ether oxygens (including phenoxy) is 1. The van der Waals surface area contributed by atoms with Crippen molar-refractivity contribution in [1.82, 2.24) is 14.8 Å². The summed E-state index contributed by atoms with van der Waals surface area (Å²) in [5.74, 6) is -3.09. The Balaban J connectivity index is 2.27. The van der Waals surface area contributed by atoms with Gasteiger partial charge in [-0.05, 0) is 25.1 Å². The van der Waals surface area contributed by atoms with Gasteiger partial charge in [0.25, 0.3) is 0 Å². The monoisotopic (exact) mass is 483 g/mol. The van der Waals surface area contributed by atoms with E-state index in [4.69, 9.17) is 27.9 Å². The van der Waals surface area contributed by atoms with Gasteiger partial charge >= 0.3 is 12.1 Å². The molecule has 0 aliphatic heterocycles. The Labute approximate surface area is 182 Å². The van der Waals surface area contributed by atoms with E-state index in [0.29, 0.717) is 11.8 Å². The number of benzene rings is 1. The molecule has 14 heteroatoms. The Kier molecular flexibility index (Phi) is 8.10. The van der Waals surface area contributed by atoms with Gasteiger partial charge in [0, 0.05) is 17.1 Å². The Hall–Kier alpha value is -2.31. The second-order valence-electron chi connectivity index (χ2n) is 5.50. The summed E-state index contributed by atoms with van der Waals surface area (Å²) in [6.07, 6.45) is -4.68. The zero-order valence-corrected chi connectivity index (χ0v) is 17.8. The molecule has 0 radical (unpaired) electrons. The molecule has 8 nitrogen and oxygen atoms in total. The molecule has 2 aromatic rings. The van der Waals surface area contributed by atoms with Crippen LogP contribution < -0.4 is 0 Å². The smallest absolute Gasteiger partial charge is 0.451 e. The lowest BCUT2D eigenvalue weighted by Gasteiger charge is -2.07. The van der Waals surface area contributed by atoms with E-state index >= 15 is 0 Å². The summed E-state index contributed by atoms with van der Waals surface area (Å²) in [4.78, 5) is 12.1. The molecule has 1 heterocycles. The van der Waals surface area contributed by atoms with Crippen LogP contribution in [0.2, 0.25) is 10.0 Å². The molecule has 30 heavy (non-hydrogen) atoms. The molecule has 1 N–H and O–H groups in total. The first-order valence-corrected chi connectivity index (χ1v) is 9.83. The summed E-state index contributed by atoms with van der Waals surface area (Å²) in [6.45, 7) is 1.55. The number of aromatic nitrogens is 3. The van der Waals surface area contributed by atoms with Crippen molar-refractivity contribution in [1.29, 1.82) is 0 Å². The summed E-state index contributed by atoms with van der Waals surface area (Å²) in [5.41, 5.74) is -0.323. The first kappa shape index (κ1) is 24.0. The molecule has 0 fully saturated rings. The second-order valence-corrected chi connectivity index (χ2v) is 7.31. The highest BCUT2D eigenvalue weighted by Crippen LogP contribution is 2.30. The SMILES string of the molecule is CCOC(=O)/C(N=Nc1cc(Cl)cc(Cl)c1)=C(\O)CSc1nnc(C(F)(F)F)n1C. The molecule has 0 saturated heterocycles. The second kappa shape index (κ2) is 10.1. The van der Waals surface area contributed by atoms with Crippen LogP contribution >= 0.6 is 35.0 Å². The molecular weight excluding hydrogens is 470 g/mol. The third-order valence-corrected chi connectivity index (χ3v) is 4.75. The molecular formula is C16H14Cl2F3N5O3S. The van der Waals surface area contributed by atoms with Crippen LogP contribution in [0.3, 0.4) is 0 Å². The number of azo groups is 1. The number of alkyl halides is 3. The van der Waals surface area contributed by atoms with E-state index in [1.165, 1.54) is 18.2 Å². The van der Waals surface area contributed by atoms with Gasteiger partial charge in [-0.15, -0.1) is 15.3 Å². The molecule has 0 aliphatic carbocycles. The van der Waals surface area contributed by atoms with Gasteiger partial charge in [-0.25, -0.2) is 4.79 Å². The summed E-state index contributed by atoms with van der Waals surface area (Å²) in [5, 5.41) is 24.7. The van der Waals surface area contributed by atoms with Crippen molar-refractivity contribution in [3.05, 3.63) is 45.5 Å². The molecule has 1 aromatic heterocycles. The standard InChI is InChI=1S/C16H14Cl2F3N5O3S/c1-3-29-13(28)12(23-22-10-5-8(17)4-9(18)6-10)11(27)7-30-15-25-24-14(26(15)2)16(19,20)21/h4-6,27H,3,7H2,1-2H3/b12-11+,23-22?. The number of esters is 1. The fourth-order valence-electron chi connectivity index (χ4n) is 2.01. The third-order valence-electron chi connectivity index (χ3n) is 3.28. The summed E-state index contributed by atoms with van der Waals surface area (Å²) in [7, 11) is 1.13. The molecule has 0 saturated carbocycles. The third kappa shape index (κ3) is 6.34. The maximum atomic E-state index is 12.8. The van der Waals surface area contributed by atoms with E-state index in [0.717, 1.165) is 11.6 Å². The van der Waals surface area contributed by atoms with Gasteiger partial charge < -0.3 is 14.4 Å². The van der Waals surface area contributed by atoms with Crippen LogP contribution in [0.5, 0.6) is 0 Å². The molecule has 0 atom stereocenters. The number of nitrogens with zero attached hydrogens (tertiary/aromatic N) is 5. The van der Waals surface area contributed by atoms with Gasteiger partial charge in [0.2, 0.25) is 11.5 Å². The number of hydrogen-bond donors (Lipinski definition) is 1. The predicted octanol–water partition coefficient (Wildman–Crippen LogP) is 5.35. The van der Waals surface area contributed by atoms with E-state index in [1.54, 1.807) is 6.92 Å². The van der Waals surface area contributed by atoms with Gasteiger partial charge in [-0.2, -0.15) is 18.3 Å². The van der Waals surface area contributed by atoms with Crippen molar-refractivity contribution in [2.75, 3.05) is 12.4 Å². The van der Waals surface area contributed by atoms with E-state index in [1.807, 2.05) is 0 Å². The molecule has 0 bridgehead atoms. The lowest BCUT2D eigenvalue weighted by molar-refractivity contribution is -0.147. The quantitative estimate of drug-likeness (QED) is 0.187. The van der Waals surface area contributed by atoms with Crippen LogP contribution in [0.1, 0.15) is 12.7 Å². The highest BCUT2D eigenvalue weighted by atomic mass is 35.5. The Bertz CT molecular complexity index is 975. The Morgan fingerprint density at radius 2 is 1.90 bits per heavy atom. The lowest BCUT2D eigenvalue weighted by atomic mass is 10.3. The van der Waals surface area contributed by atoms with E-state index in [-0.39, 0.29) is 33.2 Å². The highest BCUT2D eigenvalue weighted by molar-refractivity contribution is 7.99. The topological polar surface area (TPSA) is 102 Å². The normalized spacial score (nSPS) is 12.9. The van der Waals surface area contributed by atoms with Crippen molar-refractivity contribution in [2.24, 2.45) is 17.3 Å². The number of carbonyl (C=O) groups excluding carboxylic acids is 1.